The van der Waals surface area contributed by atoms with Crippen molar-refractivity contribution in [3.8, 4) is 11.5 Å². The van der Waals surface area contributed by atoms with Gasteiger partial charge in [0.15, 0.2) is 0 Å². The number of nitrogens with one attached hydrogen (secondary N) is 1. The number of phenols is 1. The highest BCUT2D eigenvalue weighted by Gasteiger charge is 2.68. The lowest BCUT2D eigenvalue weighted by Crippen LogP contribution is -2.46. The number of piperidine rings is 1. The van der Waals surface area contributed by atoms with Gasteiger partial charge in [-0.05, 0) is 142 Å². The summed E-state index contributed by atoms with van der Waals surface area (Å²) in [5.74, 6) is 2.74. The number of benzene rings is 2. The molecule has 3 unspecified atom stereocenters. The summed E-state index contributed by atoms with van der Waals surface area (Å²) in [6.45, 7) is 3.39. The van der Waals surface area contributed by atoms with Gasteiger partial charge in [0.25, 0.3) is 0 Å². The zero-order valence-corrected chi connectivity index (χ0v) is 23.5. The molecule has 2 aromatic rings. The molecule has 5 aliphatic rings. The number of carbonyl (C=O) groups is 1. The smallest absolute Gasteiger partial charge is 0.224 e. The number of unbranched alkanes of at least 4 members (excludes halogenated alkanes) is 1. The third-order valence-electron chi connectivity index (χ3n) is 11.1. The molecule has 6 atom stereocenters. The molecule has 7 rings (SSSR count). The van der Waals surface area contributed by atoms with Crippen LogP contribution in [0.15, 0.2) is 36.4 Å². The molecule has 214 valence electrons. The topological polar surface area (TPSA) is 61.8 Å². The Labute approximate surface area is 237 Å². The number of likely N-dealkylation sites (tertiary alicyclic amines) is 1. The van der Waals surface area contributed by atoms with Gasteiger partial charge < -0.3 is 20.1 Å². The summed E-state index contributed by atoms with van der Waals surface area (Å²) in [4.78, 5) is 15.0. The third kappa shape index (κ3) is 4.91. The van der Waals surface area contributed by atoms with E-state index in [4.69, 9.17) is 4.74 Å². The molecule has 4 fully saturated rings. The van der Waals surface area contributed by atoms with E-state index in [1.165, 1.54) is 68.8 Å². The fourth-order valence-electron chi connectivity index (χ4n) is 9.23. The van der Waals surface area contributed by atoms with E-state index in [9.17, 15) is 9.90 Å². The Bertz CT molecular complexity index is 1260. The van der Waals surface area contributed by atoms with Gasteiger partial charge in [-0.25, -0.2) is 4.39 Å². The summed E-state index contributed by atoms with van der Waals surface area (Å²) in [6.07, 6.45) is 13.3. The zero-order valence-electron chi connectivity index (χ0n) is 23.5. The molecule has 0 aromatic heterocycles. The number of halogens is 1. The molecule has 40 heavy (non-hydrogen) atoms. The number of hydrogen-bond acceptors (Lipinski definition) is 4. The second-order valence-electron chi connectivity index (χ2n) is 13.3. The molecule has 3 saturated carbocycles. The average Bonchev–Trinajstić information content (AvgIpc) is 3.52. The molecule has 5 nitrogen and oxygen atoms in total. The Hall–Kier alpha value is -2.60. The van der Waals surface area contributed by atoms with Gasteiger partial charge in [-0.2, -0.15) is 0 Å². The number of aryl methyl sites for hydroxylation is 1. The van der Waals surface area contributed by atoms with E-state index in [0.29, 0.717) is 29.3 Å². The van der Waals surface area contributed by atoms with Gasteiger partial charge in [-0.1, -0.05) is 12.5 Å². The molecular formula is C34H43FN2O3. The van der Waals surface area contributed by atoms with E-state index in [0.717, 1.165) is 50.5 Å². The number of carbonyl (C=O) groups excluding carboxylic acids is 1. The SMILES string of the molecule is O=C(CCCCN1CCCCC1)Nc1ccc(O[C@H]2CC34CC3CCC4[C@@H]3CCc4cc(O)ccc4[C@@H]23)cc1F. The molecule has 4 aliphatic carbocycles. The Morgan fingerprint density at radius 2 is 1.93 bits per heavy atom. The first kappa shape index (κ1) is 26.3. The second kappa shape index (κ2) is 10.7. The normalized spacial score (nSPS) is 32.4. The number of nitrogens with zero attached hydrogens (tertiary/aromatic N) is 1. The van der Waals surface area contributed by atoms with Crippen LogP contribution >= 0.6 is 0 Å². The lowest BCUT2D eigenvalue weighted by atomic mass is 9.57. The third-order valence-corrected chi connectivity index (χ3v) is 11.1. The number of rotatable bonds is 8. The Morgan fingerprint density at radius 1 is 1.05 bits per heavy atom. The van der Waals surface area contributed by atoms with E-state index < -0.39 is 5.82 Å². The van der Waals surface area contributed by atoms with Crippen LogP contribution in [0.2, 0.25) is 0 Å². The van der Waals surface area contributed by atoms with E-state index in [1.807, 2.05) is 18.2 Å². The molecule has 1 aliphatic heterocycles. The fourth-order valence-corrected chi connectivity index (χ4v) is 9.23. The average molecular weight is 547 g/mol. The van der Waals surface area contributed by atoms with Crippen LogP contribution < -0.4 is 10.1 Å². The summed E-state index contributed by atoms with van der Waals surface area (Å²) < 4.78 is 21.9. The van der Waals surface area contributed by atoms with Crippen molar-refractivity contribution in [2.75, 3.05) is 25.0 Å². The maximum Gasteiger partial charge on any atom is 0.224 e. The summed E-state index contributed by atoms with van der Waals surface area (Å²) in [7, 11) is 0. The molecule has 0 radical (unpaired) electrons. The fraction of sp³-hybridized carbons (Fsp3) is 0.618. The summed E-state index contributed by atoms with van der Waals surface area (Å²) in [5.41, 5.74) is 3.19. The number of ether oxygens (including phenoxy) is 1. The predicted molar refractivity (Wildman–Crippen MR) is 154 cm³/mol. The van der Waals surface area contributed by atoms with Crippen molar-refractivity contribution in [3.63, 3.8) is 0 Å². The van der Waals surface area contributed by atoms with E-state index in [1.54, 1.807) is 6.07 Å². The van der Waals surface area contributed by atoms with Crippen LogP contribution in [0.1, 0.15) is 87.7 Å². The van der Waals surface area contributed by atoms with Crippen molar-refractivity contribution in [1.82, 2.24) is 4.90 Å². The highest BCUT2D eigenvalue weighted by molar-refractivity contribution is 5.90. The van der Waals surface area contributed by atoms with Crippen molar-refractivity contribution in [3.05, 3.63) is 53.3 Å². The quantitative estimate of drug-likeness (QED) is 0.349. The molecule has 1 spiro atoms. The van der Waals surface area contributed by atoms with Crippen LogP contribution in [0.25, 0.3) is 0 Å². The first-order chi connectivity index (χ1) is 19.5. The standard InChI is InChI=1S/C34H43FN2O3/c35-29-19-25(10-14-30(29)36-32(39)6-2-5-17-37-15-3-1-4-16-37)40-31-21-34-20-23(34)8-13-28(34)27-11-7-22-18-24(38)9-12-26(22)33(27)31/h9-10,12,14,18-19,23,27-28,31,33,38H,1-8,11,13,15-17,20-21H2,(H,36,39)/t23?,27-,28?,31-,33+,34?/m0/s1. The number of anilines is 1. The minimum Gasteiger partial charge on any atom is -0.508 e. The van der Waals surface area contributed by atoms with Gasteiger partial charge >= 0.3 is 0 Å². The van der Waals surface area contributed by atoms with Gasteiger partial charge in [-0.15, -0.1) is 0 Å². The molecule has 2 N–H and O–H groups in total. The number of phenolic OH excluding ortho intramolecular Hbond substituents is 1. The number of fused-ring (bicyclic) bond motifs is 4. The number of aromatic hydroxyl groups is 1. The molecule has 1 heterocycles. The summed E-state index contributed by atoms with van der Waals surface area (Å²) in [5, 5.41) is 12.9. The Kier molecular flexibility index (Phi) is 7.01. The monoisotopic (exact) mass is 546 g/mol. The van der Waals surface area contributed by atoms with Gasteiger partial charge in [-0.3, -0.25) is 4.79 Å². The maximum absolute atomic E-state index is 15.2. The Morgan fingerprint density at radius 3 is 2.75 bits per heavy atom. The van der Waals surface area contributed by atoms with Gasteiger partial charge in [0.1, 0.15) is 23.4 Å². The van der Waals surface area contributed by atoms with Crippen molar-refractivity contribution < 1.29 is 19.0 Å². The molecule has 2 aromatic carbocycles. The van der Waals surface area contributed by atoms with Crippen LogP contribution in [0.4, 0.5) is 10.1 Å². The highest BCUT2D eigenvalue weighted by Crippen LogP contribution is 2.75. The first-order valence-electron chi connectivity index (χ1n) is 15.8. The number of hydrogen-bond donors (Lipinski definition) is 2. The lowest BCUT2D eigenvalue weighted by molar-refractivity contribution is -0.116. The minimum atomic E-state index is -0.443. The van der Waals surface area contributed by atoms with Crippen molar-refractivity contribution in [1.29, 1.82) is 0 Å². The first-order valence-corrected chi connectivity index (χ1v) is 15.8. The van der Waals surface area contributed by atoms with Crippen molar-refractivity contribution >= 4 is 11.6 Å². The molecule has 0 bridgehead atoms. The predicted octanol–water partition coefficient (Wildman–Crippen LogP) is 7.04. The molecular weight excluding hydrogens is 503 g/mol. The van der Waals surface area contributed by atoms with Crippen LogP contribution in [0.5, 0.6) is 11.5 Å². The van der Waals surface area contributed by atoms with Gasteiger partial charge in [0.05, 0.1) is 5.69 Å². The zero-order chi connectivity index (χ0) is 27.3. The van der Waals surface area contributed by atoms with Gasteiger partial charge in [0.2, 0.25) is 5.91 Å². The van der Waals surface area contributed by atoms with E-state index in [-0.39, 0.29) is 23.6 Å². The second-order valence-corrected chi connectivity index (χ2v) is 13.3. The number of amides is 1. The Balaban J connectivity index is 1.01. The maximum atomic E-state index is 15.2. The van der Waals surface area contributed by atoms with E-state index >= 15 is 4.39 Å². The van der Waals surface area contributed by atoms with Crippen molar-refractivity contribution in [2.24, 2.45) is 23.2 Å². The van der Waals surface area contributed by atoms with Crippen LogP contribution in [-0.2, 0) is 11.2 Å². The molecule has 6 heteroatoms. The van der Waals surface area contributed by atoms with Crippen LogP contribution in [0.3, 0.4) is 0 Å². The molecule has 1 amide bonds. The summed E-state index contributed by atoms with van der Waals surface area (Å²) >= 11 is 0. The summed E-state index contributed by atoms with van der Waals surface area (Å²) in [6, 6.07) is 10.7. The minimum absolute atomic E-state index is 0.00677. The largest absolute Gasteiger partial charge is 0.508 e. The van der Waals surface area contributed by atoms with Gasteiger partial charge in [0, 0.05) is 18.4 Å². The molecule has 1 saturated heterocycles. The van der Waals surface area contributed by atoms with Crippen LogP contribution in [-0.4, -0.2) is 41.7 Å². The van der Waals surface area contributed by atoms with E-state index in [2.05, 4.69) is 16.3 Å². The lowest BCUT2D eigenvalue weighted by Gasteiger charge is -2.49. The highest BCUT2D eigenvalue weighted by atomic mass is 19.1. The van der Waals surface area contributed by atoms with Crippen LogP contribution in [0, 0.1) is 29.0 Å². The van der Waals surface area contributed by atoms with Crippen molar-refractivity contribution in [2.45, 2.75) is 89.1 Å².